The first kappa shape index (κ1) is 10.9. The quantitative estimate of drug-likeness (QED) is 0.644. The molecule has 2 aromatic rings. The van der Waals surface area contributed by atoms with Gasteiger partial charge < -0.3 is 10.0 Å². The Balaban J connectivity index is 2.59. The van der Waals surface area contributed by atoms with E-state index < -0.39 is 19.1 Å². The molecule has 2 heterocycles. The molecule has 0 aromatic carbocycles. The monoisotopic (exact) mass is 231 g/mol. The summed E-state index contributed by atoms with van der Waals surface area (Å²) < 4.78 is 37.9. The molecule has 0 aliphatic heterocycles. The molecule has 0 radical (unpaired) electrons. The molecule has 0 amide bonds. The van der Waals surface area contributed by atoms with Crippen molar-refractivity contribution >= 4 is 18.2 Å². The minimum Gasteiger partial charge on any atom is -0.423 e. The van der Waals surface area contributed by atoms with Crippen molar-refractivity contribution in [3.63, 3.8) is 0 Å². The Morgan fingerprint density at radius 1 is 1.25 bits per heavy atom. The van der Waals surface area contributed by atoms with Gasteiger partial charge in [-0.2, -0.15) is 13.2 Å². The SMILES string of the molecule is OB(O)c1ccn2c(C(F)(F)F)nnc2c1. The number of hydrogen-bond donors (Lipinski definition) is 2. The van der Waals surface area contributed by atoms with Crippen LogP contribution >= 0.6 is 0 Å². The van der Waals surface area contributed by atoms with E-state index in [1.807, 2.05) is 0 Å². The van der Waals surface area contributed by atoms with Crippen LogP contribution in [0, 0.1) is 0 Å². The number of nitrogens with zero attached hydrogens (tertiary/aromatic N) is 3. The van der Waals surface area contributed by atoms with Gasteiger partial charge in [-0.3, -0.25) is 4.40 Å². The van der Waals surface area contributed by atoms with E-state index in [0.717, 1.165) is 22.7 Å². The number of halogens is 3. The molecule has 9 heteroatoms. The van der Waals surface area contributed by atoms with Gasteiger partial charge in [-0.05, 0) is 17.6 Å². The molecular formula is C7H5BF3N3O2. The Labute approximate surface area is 87.3 Å². The van der Waals surface area contributed by atoms with Gasteiger partial charge in [-0.25, -0.2) is 0 Å². The van der Waals surface area contributed by atoms with Gasteiger partial charge >= 0.3 is 13.3 Å². The van der Waals surface area contributed by atoms with E-state index in [2.05, 4.69) is 10.2 Å². The fourth-order valence-electron chi connectivity index (χ4n) is 1.26. The minimum atomic E-state index is -4.60. The average Bonchev–Trinajstić information content (AvgIpc) is 2.58. The van der Waals surface area contributed by atoms with E-state index in [-0.39, 0.29) is 11.1 Å². The fourth-order valence-corrected chi connectivity index (χ4v) is 1.26. The van der Waals surface area contributed by atoms with Crippen LogP contribution in [-0.2, 0) is 6.18 Å². The summed E-state index contributed by atoms with van der Waals surface area (Å²) in [6.07, 6.45) is -3.56. The lowest BCUT2D eigenvalue weighted by atomic mass is 9.81. The zero-order valence-corrected chi connectivity index (χ0v) is 7.68. The molecule has 0 saturated carbocycles. The third-order valence-corrected chi connectivity index (χ3v) is 1.99. The van der Waals surface area contributed by atoms with Crippen molar-refractivity contribution in [1.29, 1.82) is 0 Å². The van der Waals surface area contributed by atoms with E-state index in [1.54, 1.807) is 0 Å². The molecule has 2 rings (SSSR count). The molecule has 84 valence electrons. The summed E-state index contributed by atoms with van der Waals surface area (Å²) in [7, 11) is -1.75. The van der Waals surface area contributed by atoms with Gasteiger partial charge in [-0.1, -0.05) is 0 Å². The van der Waals surface area contributed by atoms with E-state index in [4.69, 9.17) is 10.0 Å². The van der Waals surface area contributed by atoms with Crippen molar-refractivity contribution in [1.82, 2.24) is 14.6 Å². The van der Waals surface area contributed by atoms with Gasteiger partial charge in [-0.15, -0.1) is 10.2 Å². The molecule has 5 nitrogen and oxygen atoms in total. The first-order valence-electron chi connectivity index (χ1n) is 4.17. The van der Waals surface area contributed by atoms with Crippen molar-refractivity contribution in [2.75, 3.05) is 0 Å². The predicted octanol–water partition coefficient (Wildman–Crippen LogP) is -0.572. The highest BCUT2D eigenvalue weighted by molar-refractivity contribution is 6.58. The summed E-state index contributed by atoms with van der Waals surface area (Å²) in [5, 5.41) is 23.9. The molecule has 0 bridgehead atoms. The normalized spacial score (nSPS) is 12.1. The fraction of sp³-hybridized carbons (Fsp3) is 0.143. The lowest BCUT2D eigenvalue weighted by Gasteiger charge is -2.04. The zero-order valence-electron chi connectivity index (χ0n) is 7.68. The van der Waals surface area contributed by atoms with E-state index in [0.29, 0.717) is 0 Å². The first-order chi connectivity index (χ1) is 7.39. The minimum absolute atomic E-state index is 0.0497. The van der Waals surface area contributed by atoms with Crippen LogP contribution in [0.25, 0.3) is 5.65 Å². The van der Waals surface area contributed by atoms with Crippen molar-refractivity contribution < 1.29 is 23.2 Å². The molecule has 0 aliphatic carbocycles. The Morgan fingerprint density at radius 3 is 2.50 bits per heavy atom. The maximum atomic E-state index is 12.4. The zero-order chi connectivity index (χ0) is 11.9. The highest BCUT2D eigenvalue weighted by Gasteiger charge is 2.36. The topological polar surface area (TPSA) is 70.7 Å². The van der Waals surface area contributed by atoms with Crippen molar-refractivity contribution in [3.05, 3.63) is 24.2 Å². The Kier molecular flexibility index (Phi) is 2.36. The highest BCUT2D eigenvalue weighted by atomic mass is 19.4. The highest BCUT2D eigenvalue weighted by Crippen LogP contribution is 2.27. The summed E-state index contributed by atoms with van der Waals surface area (Å²) in [4.78, 5) is 0. The maximum absolute atomic E-state index is 12.4. The lowest BCUT2D eigenvalue weighted by molar-refractivity contribution is -0.145. The van der Waals surface area contributed by atoms with Crippen LogP contribution in [0.15, 0.2) is 18.3 Å². The molecular weight excluding hydrogens is 226 g/mol. The van der Waals surface area contributed by atoms with Crippen LogP contribution in [0.5, 0.6) is 0 Å². The summed E-state index contributed by atoms with van der Waals surface area (Å²) >= 11 is 0. The Morgan fingerprint density at radius 2 is 1.94 bits per heavy atom. The Hall–Kier alpha value is -1.61. The Bertz CT molecular complexity index is 525. The lowest BCUT2D eigenvalue weighted by Crippen LogP contribution is -2.30. The number of aromatic nitrogens is 3. The van der Waals surface area contributed by atoms with Crippen LogP contribution in [-0.4, -0.2) is 31.8 Å². The summed E-state index contributed by atoms with van der Waals surface area (Å²) in [5.41, 5.74) is -0.0495. The van der Waals surface area contributed by atoms with Gasteiger partial charge in [0.1, 0.15) is 0 Å². The van der Waals surface area contributed by atoms with Crippen LogP contribution in [0.2, 0.25) is 0 Å². The van der Waals surface area contributed by atoms with Gasteiger partial charge in [0.15, 0.2) is 5.65 Å². The molecule has 0 aliphatic rings. The van der Waals surface area contributed by atoms with Crippen molar-refractivity contribution in [2.24, 2.45) is 0 Å². The molecule has 2 aromatic heterocycles. The molecule has 0 unspecified atom stereocenters. The number of rotatable bonds is 1. The smallest absolute Gasteiger partial charge is 0.423 e. The van der Waals surface area contributed by atoms with E-state index >= 15 is 0 Å². The standard InChI is InChI=1S/C7H5BF3N3O2/c9-7(10,11)6-13-12-5-3-4(8(15)16)1-2-14(5)6/h1-3,15-16H. The molecule has 0 atom stereocenters. The van der Waals surface area contributed by atoms with Crippen molar-refractivity contribution in [2.45, 2.75) is 6.18 Å². The second-order valence-corrected chi connectivity index (χ2v) is 3.08. The molecule has 16 heavy (non-hydrogen) atoms. The average molecular weight is 231 g/mol. The summed E-state index contributed by atoms with van der Waals surface area (Å²) in [5.74, 6) is -1.15. The van der Waals surface area contributed by atoms with Gasteiger partial charge in [0, 0.05) is 6.20 Å². The summed E-state index contributed by atoms with van der Waals surface area (Å²) in [6, 6.07) is 2.27. The number of fused-ring (bicyclic) bond motifs is 1. The molecule has 0 saturated heterocycles. The molecule has 2 N–H and O–H groups in total. The third kappa shape index (κ3) is 1.74. The van der Waals surface area contributed by atoms with Crippen LogP contribution < -0.4 is 5.46 Å². The van der Waals surface area contributed by atoms with Gasteiger partial charge in [0.25, 0.3) is 0 Å². The third-order valence-electron chi connectivity index (χ3n) is 1.99. The van der Waals surface area contributed by atoms with Crippen LogP contribution in [0.3, 0.4) is 0 Å². The molecule has 0 spiro atoms. The first-order valence-corrected chi connectivity index (χ1v) is 4.17. The van der Waals surface area contributed by atoms with E-state index in [9.17, 15) is 13.2 Å². The largest absolute Gasteiger partial charge is 0.488 e. The maximum Gasteiger partial charge on any atom is 0.488 e. The number of hydrogen-bond acceptors (Lipinski definition) is 4. The molecule has 0 fully saturated rings. The second kappa shape index (κ2) is 3.46. The van der Waals surface area contributed by atoms with Gasteiger partial charge in [0.05, 0.1) is 0 Å². The van der Waals surface area contributed by atoms with Gasteiger partial charge in [0.2, 0.25) is 5.82 Å². The van der Waals surface area contributed by atoms with Crippen LogP contribution in [0.1, 0.15) is 5.82 Å². The van der Waals surface area contributed by atoms with E-state index in [1.165, 1.54) is 0 Å². The number of alkyl halides is 3. The number of pyridine rings is 1. The van der Waals surface area contributed by atoms with Crippen molar-refractivity contribution in [3.8, 4) is 0 Å². The second-order valence-electron chi connectivity index (χ2n) is 3.08. The predicted molar refractivity (Wildman–Crippen MR) is 47.8 cm³/mol. The van der Waals surface area contributed by atoms with Crippen LogP contribution in [0.4, 0.5) is 13.2 Å². The summed E-state index contributed by atoms with van der Waals surface area (Å²) in [6.45, 7) is 0.